The number of aromatic nitrogens is 1. The Morgan fingerprint density at radius 1 is 1.45 bits per heavy atom. The first-order valence-corrected chi connectivity index (χ1v) is 10.9. The van der Waals surface area contributed by atoms with E-state index in [1.165, 1.54) is 38.3 Å². The maximum absolute atomic E-state index is 14.8. The number of ether oxygens (including phenoxy) is 1. The quantitative estimate of drug-likeness (QED) is 0.240. The Kier molecular flexibility index (Phi) is 6.18. The maximum atomic E-state index is 14.8. The molecule has 0 aromatic carbocycles. The Morgan fingerprint density at radius 3 is 2.73 bits per heavy atom. The van der Waals surface area contributed by atoms with E-state index in [1.807, 2.05) is 0 Å². The molecule has 33 heavy (non-hydrogen) atoms. The fraction of sp³-hybridized carbons (Fsp3) is 0.316. The van der Waals surface area contributed by atoms with E-state index >= 15 is 0 Å². The Balaban J connectivity index is 1.87. The van der Waals surface area contributed by atoms with Crippen LogP contribution in [0, 0.1) is 11.8 Å². The van der Waals surface area contributed by atoms with Crippen molar-refractivity contribution in [1.82, 2.24) is 14.6 Å². The van der Waals surface area contributed by atoms with Crippen LogP contribution in [0.4, 0.5) is 4.39 Å². The van der Waals surface area contributed by atoms with Crippen molar-refractivity contribution >= 4 is 21.9 Å². The highest BCUT2D eigenvalue weighted by Crippen LogP contribution is 2.33. The molecule has 1 aromatic rings. The Morgan fingerprint density at radius 2 is 2.15 bits per heavy atom. The van der Waals surface area contributed by atoms with Crippen molar-refractivity contribution in [3.8, 4) is 17.6 Å². The fourth-order valence-electron chi connectivity index (χ4n) is 3.09. The molecule has 2 atom stereocenters. The van der Waals surface area contributed by atoms with Crippen LogP contribution in [0.15, 0.2) is 46.7 Å². The number of nitrogens with two attached hydrogens (primary N) is 2. The van der Waals surface area contributed by atoms with Crippen molar-refractivity contribution in [3.05, 3.63) is 47.4 Å². The molecule has 0 radical (unpaired) electrons. The van der Waals surface area contributed by atoms with Crippen LogP contribution in [-0.4, -0.2) is 70.4 Å². The summed E-state index contributed by atoms with van der Waals surface area (Å²) >= 11 is 0. The molecule has 0 bridgehead atoms. The number of nitrogens with one attached hydrogen (secondary N) is 1. The minimum atomic E-state index is -3.85. The molecule has 2 unspecified atom stereocenters. The highest BCUT2D eigenvalue weighted by molar-refractivity contribution is 7.89. The first-order chi connectivity index (χ1) is 15.2. The second kappa shape index (κ2) is 8.45. The highest BCUT2D eigenvalue weighted by atomic mass is 32.2. The molecule has 0 saturated heterocycles. The lowest BCUT2D eigenvalue weighted by molar-refractivity contribution is -0.287. The summed E-state index contributed by atoms with van der Waals surface area (Å²) in [4.78, 5) is 20.6. The van der Waals surface area contributed by atoms with Gasteiger partial charge in [-0.3, -0.25) is 4.79 Å². The number of aliphatic imine (C=N–C) groups is 1. The molecule has 2 aliphatic rings. The van der Waals surface area contributed by atoms with Crippen molar-refractivity contribution in [3.63, 3.8) is 0 Å². The van der Waals surface area contributed by atoms with Crippen LogP contribution in [0.1, 0.15) is 17.4 Å². The first-order valence-electron chi connectivity index (χ1n) is 9.29. The molecule has 14 heteroatoms. The molecule has 2 heterocycles. The topological polar surface area (TPSA) is 193 Å². The van der Waals surface area contributed by atoms with Gasteiger partial charge in [0.2, 0.25) is 16.0 Å². The van der Waals surface area contributed by atoms with E-state index in [2.05, 4.69) is 31.9 Å². The van der Waals surface area contributed by atoms with Crippen molar-refractivity contribution in [1.29, 1.82) is 0 Å². The summed E-state index contributed by atoms with van der Waals surface area (Å²) < 4.78 is 45.1. The minimum Gasteiger partial charge on any atom is -0.425 e. The van der Waals surface area contributed by atoms with Gasteiger partial charge in [-0.15, -0.1) is 0 Å². The minimum absolute atomic E-state index is 0.0720. The van der Waals surface area contributed by atoms with Crippen LogP contribution in [0.5, 0.6) is 5.75 Å². The zero-order chi connectivity index (χ0) is 24.6. The number of allylic oxidation sites excluding steroid dienone is 2. The summed E-state index contributed by atoms with van der Waals surface area (Å²) in [6, 6.07) is 2.44. The van der Waals surface area contributed by atoms with Gasteiger partial charge >= 0.3 is 6.10 Å². The second-order valence-corrected chi connectivity index (χ2v) is 9.41. The number of sulfonamides is 1. The van der Waals surface area contributed by atoms with Crippen molar-refractivity contribution in [2.24, 2.45) is 16.5 Å². The summed E-state index contributed by atoms with van der Waals surface area (Å²) in [5.74, 6) is 3.10. The van der Waals surface area contributed by atoms with Crippen molar-refractivity contribution in [2.75, 3.05) is 12.8 Å². The van der Waals surface area contributed by atoms with Gasteiger partial charge in [0.1, 0.15) is 17.0 Å². The predicted molar refractivity (Wildman–Crippen MR) is 114 cm³/mol. The van der Waals surface area contributed by atoms with Gasteiger partial charge in [0, 0.05) is 24.4 Å². The average Bonchev–Trinajstić information content (AvgIpc) is 2.87. The predicted octanol–water partition coefficient (Wildman–Crippen LogP) is -1.74. The molecule has 7 N–H and O–H groups in total. The van der Waals surface area contributed by atoms with Crippen LogP contribution in [0.3, 0.4) is 0 Å². The lowest BCUT2D eigenvalue weighted by Gasteiger charge is -2.36. The van der Waals surface area contributed by atoms with Gasteiger partial charge < -0.3 is 26.0 Å². The zero-order valence-corrected chi connectivity index (χ0v) is 18.3. The number of carbonyl (C=O) groups excluding carboxylic acids is 1. The Hall–Kier alpha value is -3.51. The van der Waals surface area contributed by atoms with Gasteiger partial charge in [0.25, 0.3) is 5.91 Å². The lowest BCUT2D eigenvalue weighted by atomic mass is 9.90. The summed E-state index contributed by atoms with van der Waals surface area (Å²) in [7, 11) is -2.61. The molecule has 0 spiro atoms. The molecule has 176 valence electrons. The molecule has 3 rings (SSSR count). The van der Waals surface area contributed by atoms with E-state index in [0.29, 0.717) is 0 Å². The van der Waals surface area contributed by atoms with Gasteiger partial charge in [0.05, 0.1) is 11.9 Å². The SMILES string of the molecule is CN1C(N)=NC(C)(C2=CC(NC(=O)c3ccc(OC(N)(O)O)cn3)=CC#CC2F)CS1(=O)=O. The number of pyridine rings is 1. The molecule has 1 amide bonds. The molecule has 1 aromatic heterocycles. The van der Waals surface area contributed by atoms with E-state index in [1.54, 1.807) is 0 Å². The largest absolute Gasteiger partial charge is 0.425 e. The number of carbonyl (C=O) groups is 1. The zero-order valence-electron chi connectivity index (χ0n) is 17.5. The number of guanidine groups is 1. The highest BCUT2D eigenvalue weighted by Gasteiger charge is 2.44. The standard InChI is InChI=1S/C19H21FN6O6S/c1-18(10-33(30,31)26(2)17(21)25-18)13-8-11(4-3-5-14(13)20)24-16(27)15-7-6-12(9-23-15)32-19(22,28)29/h4,6-9,14,28-29H,10,22H2,1-2H3,(H2,21,25)(H,24,27). The van der Waals surface area contributed by atoms with Gasteiger partial charge in [0.15, 0.2) is 6.17 Å². The number of hydrogen-bond donors (Lipinski definition) is 5. The van der Waals surface area contributed by atoms with E-state index in [-0.39, 0.29) is 28.7 Å². The average molecular weight is 480 g/mol. The summed E-state index contributed by atoms with van der Waals surface area (Å²) in [6.45, 7) is 1.41. The molecule has 0 fully saturated rings. The lowest BCUT2D eigenvalue weighted by Crippen LogP contribution is -2.53. The number of nitrogens with zero attached hydrogens (tertiary/aromatic N) is 3. The van der Waals surface area contributed by atoms with Crippen molar-refractivity contribution in [2.45, 2.75) is 24.7 Å². The van der Waals surface area contributed by atoms with Crippen LogP contribution in [0.25, 0.3) is 0 Å². The summed E-state index contributed by atoms with van der Waals surface area (Å²) in [5, 5.41) is 20.5. The summed E-state index contributed by atoms with van der Waals surface area (Å²) in [5.41, 5.74) is 8.95. The van der Waals surface area contributed by atoms with Gasteiger partial charge in [-0.2, -0.15) is 0 Å². The molecule has 1 aliphatic carbocycles. The number of alkyl halides is 1. The van der Waals surface area contributed by atoms with Crippen LogP contribution >= 0.6 is 0 Å². The van der Waals surface area contributed by atoms with E-state index < -0.39 is 39.5 Å². The third-order valence-electron chi connectivity index (χ3n) is 4.70. The van der Waals surface area contributed by atoms with Gasteiger partial charge in [-0.05, 0) is 25.1 Å². The molecular weight excluding hydrogens is 459 g/mol. The Labute approximate surface area is 188 Å². The fourth-order valence-corrected chi connectivity index (χ4v) is 4.56. The number of rotatable bonds is 5. The molecule has 12 nitrogen and oxygen atoms in total. The Bertz CT molecular complexity index is 1230. The van der Waals surface area contributed by atoms with Crippen LogP contribution in [-0.2, 0) is 10.0 Å². The van der Waals surface area contributed by atoms with Crippen molar-refractivity contribution < 1.29 is 32.6 Å². The number of aliphatic hydroxyl groups is 2. The second-order valence-electron chi connectivity index (χ2n) is 7.41. The maximum Gasteiger partial charge on any atom is 0.389 e. The van der Waals surface area contributed by atoms with Crippen LogP contribution < -0.4 is 21.5 Å². The smallest absolute Gasteiger partial charge is 0.389 e. The summed E-state index contributed by atoms with van der Waals surface area (Å²) in [6.07, 6.45) is -1.26. The van der Waals surface area contributed by atoms with E-state index in [9.17, 15) is 17.6 Å². The molecule has 0 saturated carbocycles. The number of halogens is 1. The van der Waals surface area contributed by atoms with Gasteiger partial charge in [-0.25, -0.2) is 32.8 Å². The first kappa shape index (κ1) is 24.1. The number of hydrogen-bond acceptors (Lipinski definition) is 10. The monoisotopic (exact) mass is 480 g/mol. The molecule has 1 aliphatic heterocycles. The van der Waals surface area contributed by atoms with E-state index in [4.69, 9.17) is 21.7 Å². The molecular formula is C19H21FN6O6S. The third-order valence-corrected chi connectivity index (χ3v) is 6.65. The van der Waals surface area contributed by atoms with Crippen LogP contribution in [0.2, 0.25) is 0 Å². The third kappa shape index (κ3) is 5.46. The van der Waals surface area contributed by atoms with Gasteiger partial charge in [-0.1, -0.05) is 11.8 Å². The van der Waals surface area contributed by atoms with E-state index in [0.717, 1.165) is 10.5 Å². The normalized spacial score (nSPS) is 24.4. The number of amides is 1.